The monoisotopic (exact) mass is 558 g/mol. The molecular weight excluding hydrogens is 496 g/mol. The van der Waals surface area contributed by atoms with Crippen LogP contribution in [-0.2, 0) is 14.3 Å². The van der Waals surface area contributed by atoms with E-state index in [4.69, 9.17) is 9.47 Å². The van der Waals surface area contributed by atoms with Crippen molar-refractivity contribution >= 4 is 5.97 Å². The molecule has 0 bridgehead atoms. The molecule has 0 amide bonds. The van der Waals surface area contributed by atoms with E-state index >= 15 is 0 Å². The van der Waals surface area contributed by atoms with Gasteiger partial charge in [0.25, 0.3) is 0 Å². The Bertz CT molecular complexity index is 972. The molecule has 1 N–H and O–H groups in total. The highest BCUT2D eigenvalue weighted by molar-refractivity contribution is 5.75. The van der Waals surface area contributed by atoms with E-state index in [1.807, 2.05) is 0 Å². The molecule has 0 heterocycles. The van der Waals surface area contributed by atoms with Crippen molar-refractivity contribution in [3.63, 3.8) is 0 Å². The molecule has 0 saturated heterocycles. The fourth-order valence-electron chi connectivity index (χ4n) is 12.7. The van der Waals surface area contributed by atoms with Crippen molar-refractivity contribution in [3.8, 4) is 0 Å². The lowest BCUT2D eigenvalue weighted by Crippen LogP contribution is -2.72. The van der Waals surface area contributed by atoms with Crippen molar-refractivity contribution in [2.75, 3.05) is 0 Å². The summed E-state index contributed by atoms with van der Waals surface area (Å²) in [5.74, 6) is 2.38. The number of hydrogen-bond donors (Lipinski definition) is 1. The average molecular weight is 559 g/mol. The first kappa shape index (κ1) is 30.8. The normalized spacial score (nSPS) is 51.9. The summed E-state index contributed by atoms with van der Waals surface area (Å²) in [5.41, 5.74) is -0.102. The molecule has 5 fully saturated rings. The van der Waals surface area contributed by atoms with Crippen LogP contribution in [0.5, 0.6) is 0 Å². The molecule has 5 rings (SSSR count). The Balaban J connectivity index is 1.61. The number of ether oxygens (including phenoxy) is 2. The fourth-order valence-corrected chi connectivity index (χ4v) is 12.7. The zero-order chi connectivity index (χ0) is 29.6. The van der Waals surface area contributed by atoms with Crippen molar-refractivity contribution in [2.24, 2.45) is 62.6 Å². The van der Waals surface area contributed by atoms with Crippen LogP contribution in [0.2, 0.25) is 0 Å². The Morgan fingerprint density at radius 3 is 2.00 bits per heavy atom. The molecule has 5 aliphatic rings. The molecule has 0 aromatic rings. The van der Waals surface area contributed by atoms with Gasteiger partial charge in [-0.3, -0.25) is 4.79 Å². The van der Waals surface area contributed by atoms with Gasteiger partial charge in [-0.05, 0) is 137 Å². The molecular formula is C36H62O4. The maximum absolute atomic E-state index is 13.1. The molecule has 0 aromatic heterocycles. The van der Waals surface area contributed by atoms with Gasteiger partial charge in [0.2, 0.25) is 0 Å². The standard InChI is InChI=1S/C36H62O4/c1-21(2)39-28-15-16-33(9)26-13-12-25-30-24(6)23(5)14-17-36(30,31(37)38)19-18-34(25,10)35(26,11)29(40-22(3)4)20-27(33)32(28,7)8/h21-30H,12-20H2,1-11H3,(H,37,38). The van der Waals surface area contributed by atoms with Gasteiger partial charge in [-0.1, -0.05) is 48.5 Å². The summed E-state index contributed by atoms with van der Waals surface area (Å²) < 4.78 is 13.7. The maximum Gasteiger partial charge on any atom is 0.309 e. The van der Waals surface area contributed by atoms with Gasteiger partial charge in [-0.15, -0.1) is 0 Å². The summed E-state index contributed by atoms with van der Waals surface area (Å²) in [7, 11) is 0. The highest BCUT2D eigenvalue weighted by atomic mass is 16.5. The van der Waals surface area contributed by atoms with Crippen LogP contribution in [-0.4, -0.2) is 35.5 Å². The molecule has 5 aliphatic carbocycles. The van der Waals surface area contributed by atoms with Gasteiger partial charge in [-0.25, -0.2) is 0 Å². The Hall–Kier alpha value is -0.610. The van der Waals surface area contributed by atoms with E-state index in [-0.39, 0.29) is 52.0 Å². The minimum atomic E-state index is -0.539. The first-order chi connectivity index (χ1) is 18.5. The summed E-state index contributed by atoms with van der Waals surface area (Å²) in [5, 5.41) is 10.8. The highest BCUT2D eigenvalue weighted by Gasteiger charge is 2.74. The molecule has 12 unspecified atom stereocenters. The second-order valence-corrected chi connectivity index (χ2v) is 17.3. The first-order valence-electron chi connectivity index (χ1n) is 17.0. The molecule has 4 nitrogen and oxygen atoms in total. The number of aliphatic carboxylic acids is 1. The quantitative estimate of drug-likeness (QED) is 0.366. The Labute approximate surface area is 246 Å². The van der Waals surface area contributed by atoms with Crippen LogP contribution in [0.4, 0.5) is 0 Å². The second kappa shape index (κ2) is 9.96. The van der Waals surface area contributed by atoms with Crippen molar-refractivity contribution < 1.29 is 19.4 Å². The number of fused-ring (bicyclic) bond motifs is 7. The van der Waals surface area contributed by atoms with Crippen molar-refractivity contribution in [1.82, 2.24) is 0 Å². The number of carboxylic acid groups (broad SMARTS) is 1. The van der Waals surface area contributed by atoms with Gasteiger partial charge in [0, 0.05) is 5.41 Å². The van der Waals surface area contributed by atoms with Crippen LogP contribution in [0.1, 0.15) is 134 Å². The van der Waals surface area contributed by atoms with Gasteiger partial charge in [0.1, 0.15) is 0 Å². The van der Waals surface area contributed by atoms with Gasteiger partial charge >= 0.3 is 5.97 Å². The van der Waals surface area contributed by atoms with Gasteiger partial charge < -0.3 is 14.6 Å². The number of carbonyl (C=O) groups is 1. The number of carboxylic acids is 1. The zero-order valence-corrected chi connectivity index (χ0v) is 27.8. The zero-order valence-electron chi connectivity index (χ0n) is 27.8. The van der Waals surface area contributed by atoms with Crippen molar-refractivity contribution in [1.29, 1.82) is 0 Å². The third-order valence-corrected chi connectivity index (χ3v) is 14.9. The third kappa shape index (κ3) is 4.06. The summed E-state index contributed by atoms with van der Waals surface area (Å²) >= 11 is 0. The lowest BCUT2D eigenvalue weighted by atomic mass is 9.30. The minimum absolute atomic E-state index is 0.0261. The van der Waals surface area contributed by atoms with E-state index in [2.05, 4.69) is 76.2 Å². The summed E-state index contributed by atoms with van der Waals surface area (Å²) in [6, 6.07) is 0. The SMILES string of the molecule is CC(C)OC1CCC2(C)C(CC(OC(C)C)C3(C)C2CCC2C4C(C)C(C)CCC4(C(=O)O)CCC23C)C1(C)C. The fraction of sp³-hybridized carbons (Fsp3) is 0.972. The van der Waals surface area contributed by atoms with Gasteiger partial charge in [0.15, 0.2) is 0 Å². The summed E-state index contributed by atoms with van der Waals surface area (Å²) in [6.45, 7) is 26.4. The topological polar surface area (TPSA) is 55.8 Å². The first-order valence-corrected chi connectivity index (χ1v) is 17.0. The van der Waals surface area contributed by atoms with Gasteiger partial charge in [0.05, 0.1) is 29.8 Å². The molecule has 230 valence electrons. The molecule has 4 heteroatoms. The molecule has 5 saturated carbocycles. The van der Waals surface area contributed by atoms with Crippen LogP contribution in [0.25, 0.3) is 0 Å². The van der Waals surface area contributed by atoms with E-state index in [0.29, 0.717) is 29.6 Å². The van der Waals surface area contributed by atoms with Crippen LogP contribution in [0, 0.1) is 62.6 Å². The summed E-state index contributed by atoms with van der Waals surface area (Å²) in [6.07, 6.45) is 10.5. The number of rotatable bonds is 5. The number of hydrogen-bond acceptors (Lipinski definition) is 3. The smallest absolute Gasteiger partial charge is 0.309 e. The molecule has 0 radical (unpaired) electrons. The highest BCUT2D eigenvalue weighted by Crippen LogP contribution is 2.77. The Kier molecular flexibility index (Phi) is 7.68. The lowest BCUT2D eigenvalue weighted by Gasteiger charge is -2.75. The van der Waals surface area contributed by atoms with Crippen molar-refractivity contribution in [3.05, 3.63) is 0 Å². The predicted octanol–water partition coefficient (Wildman–Crippen LogP) is 9.01. The van der Waals surface area contributed by atoms with E-state index in [0.717, 1.165) is 38.5 Å². The van der Waals surface area contributed by atoms with E-state index < -0.39 is 11.4 Å². The van der Waals surface area contributed by atoms with E-state index in [9.17, 15) is 9.90 Å². The molecule has 0 aliphatic heterocycles. The maximum atomic E-state index is 13.1. The van der Waals surface area contributed by atoms with Crippen LogP contribution in [0.15, 0.2) is 0 Å². The largest absolute Gasteiger partial charge is 0.481 e. The molecule has 12 atom stereocenters. The minimum Gasteiger partial charge on any atom is -0.481 e. The van der Waals surface area contributed by atoms with Crippen molar-refractivity contribution in [2.45, 2.75) is 158 Å². The Morgan fingerprint density at radius 2 is 1.40 bits per heavy atom. The lowest BCUT2D eigenvalue weighted by molar-refractivity contribution is -0.304. The third-order valence-electron chi connectivity index (χ3n) is 14.9. The molecule has 40 heavy (non-hydrogen) atoms. The predicted molar refractivity (Wildman–Crippen MR) is 162 cm³/mol. The second-order valence-electron chi connectivity index (χ2n) is 17.3. The van der Waals surface area contributed by atoms with E-state index in [1.165, 1.54) is 19.3 Å². The molecule has 0 aromatic carbocycles. The van der Waals surface area contributed by atoms with Crippen LogP contribution >= 0.6 is 0 Å². The van der Waals surface area contributed by atoms with Gasteiger partial charge in [-0.2, -0.15) is 0 Å². The van der Waals surface area contributed by atoms with Crippen LogP contribution < -0.4 is 0 Å². The average Bonchev–Trinajstić information content (AvgIpc) is 2.85. The summed E-state index contributed by atoms with van der Waals surface area (Å²) in [4.78, 5) is 13.1. The molecule has 0 spiro atoms. The van der Waals surface area contributed by atoms with E-state index in [1.54, 1.807) is 0 Å². The Morgan fingerprint density at radius 1 is 0.775 bits per heavy atom. The van der Waals surface area contributed by atoms with Crippen LogP contribution in [0.3, 0.4) is 0 Å².